The maximum absolute atomic E-state index is 13.8. The molecule has 9 nitrogen and oxygen atoms in total. The number of piperidine rings is 1. The zero-order valence-electron chi connectivity index (χ0n) is 17.5. The van der Waals surface area contributed by atoms with Crippen LogP contribution in [0.25, 0.3) is 16.7 Å². The van der Waals surface area contributed by atoms with Crippen molar-refractivity contribution in [2.75, 3.05) is 30.4 Å². The molecule has 1 aliphatic heterocycles. The van der Waals surface area contributed by atoms with Crippen molar-refractivity contribution in [1.82, 2.24) is 24.7 Å². The first kappa shape index (κ1) is 21.0. The zero-order valence-corrected chi connectivity index (χ0v) is 17.5. The predicted molar refractivity (Wildman–Crippen MR) is 111 cm³/mol. The van der Waals surface area contributed by atoms with Crippen LogP contribution in [0.1, 0.15) is 32.5 Å². The summed E-state index contributed by atoms with van der Waals surface area (Å²) in [5.74, 6) is -2.87. The molecule has 1 N–H and O–H groups in total. The number of fused-ring (bicyclic) bond motifs is 1. The fourth-order valence-electron chi connectivity index (χ4n) is 3.65. The quantitative estimate of drug-likeness (QED) is 0.663. The Balaban J connectivity index is 1.86. The minimum absolute atomic E-state index is 0.0741. The number of pyridine rings is 1. The van der Waals surface area contributed by atoms with Gasteiger partial charge < -0.3 is 15.0 Å². The van der Waals surface area contributed by atoms with E-state index < -0.39 is 11.7 Å². The topological polar surface area (TPSA) is 98.1 Å². The van der Waals surface area contributed by atoms with Gasteiger partial charge in [-0.05, 0) is 12.8 Å². The molecule has 164 valence electrons. The molecule has 0 aliphatic carbocycles. The number of nitrogens with one attached hydrogen (secondary N) is 1. The Morgan fingerprint density at radius 2 is 2.16 bits per heavy atom. The molecule has 0 aromatic carbocycles. The maximum Gasteiger partial charge on any atom is 0.303 e. The third kappa shape index (κ3) is 4.31. The number of hydrogen-bond donors (Lipinski definition) is 1. The number of rotatable bonds is 5. The minimum Gasteiger partial charge on any atom is -0.380 e. The van der Waals surface area contributed by atoms with Crippen molar-refractivity contribution in [3.8, 4) is 5.82 Å². The standard InChI is InChI=1S/C20H23F2N7O2/c1-12(30)25-16-9-15-14(10-24-16)18(28-8-4-5-13(11-28)31-3)27-29(15)17-6-7-23-19(26-17)20(2,21)22/h6-7,9-10,13H,4-5,8,11H2,1-3H3,(H,24,25,30). The summed E-state index contributed by atoms with van der Waals surface area (Å²) in [5, 5.41) is 8.05. The highest BCUT2D eigenvalue weighted by atomic mass is 19.3. The van der Waals surface area contributed by atoms with E-state index in [0.717, 1.165) is 26.3 Å². The Hall–Kier alpha value is -3.21. The van der Waals surface area contributed by atoms with Gasteiger partial charge in [-0.3, -0.25) is 4.79 Å². The number of aromatic nitrogens is 5. The first-order chi connectivity index (χ1) is 14.8. The van der Waals surface area contributed by atoms with Crippen molar-refractivity contribution >= 4 is 28.4 Å². The molecule has 1 amide bonds. The van der Waals surface area contributed by atoms with Gasteiger partial charge in [0.2, 0.25) is 11.7 Å². The summed E-state index contributed by atoms with van der Waals surface area (Å²) in [6.07, 6.45) is 4.86. The highest BCUT2D eigenvalue weighted by Gasteiger charge is 2.29. The van der Waals surface area contributed by atoms with E-state index >= 15 is 0 Å². The van der Waals surface area contributed by atoms with Gasteiger partial charge in [-0.15, -0.1) is 5.10 Å². The molecule has 1 fully saturated rings. The second-order valence-corrected chi connectivity index (χ2v) is 7.58. The highest BCUT2D eigenvalue weighted by molar-refractivity contribution is 5.95. The van der Waals surface area contributed by atoms with Crippen molar-refractivity contribution in [3.63, 3.8) is 0 Å². The molecular formula is C20H23F2N7O2. The van der Waals surface area contributed by atoms with Crippen LogP contribution in [0.15, 0.2) is 24.5 Å². The average molecular weight is 431 g/mol. The molecule has 0 spiro atoms. The lowest BCUT2D eigenvalue weighted by atomic mass is 10.1. The van der Waals surface area contributed by atoms with Crippen LogP contribution in [0.3, 0.4) is 0 Å². The van der Waals surface area contributed by atoms with Crippen molar-refractivity contribution in [3.05, 3.63) is 30.4 Å². The van der Waals surface area contributed by atoms with Gasteiger partial charge in [0.25, 0.3) is 0 Å². The van der Waals surface area contributed by atoms with E-state index in [1.807, 2.05) is 0 Å². The van der Waals surface area contributed by atoms with Crippen LogP contribution in [0.4, 0.5) is 20.4 Å². The summed E-state index contributed by atoms with van der Waals surface area (Å²) in [6, 6.07) is 3.16. The van der Waals surface area contributed by atoms with Gasteiger partial charge >= 0.3 is 5.92 Å². The monoisotopic (exact) mass is 431 g/mol. The van der Waals surface area contributed by atoms with E-state index in [-0.39, 0.29) is 17.8 Å². The zero-order chi connectivity index (χ0) is 22.2. The van der Waals surface area contributed by atoms with E-state index in [2.05, 4.69) is 25.2 Å². The molecule has 1 unspecified atom stereocenters. The Morgan fingerprint density at radius 3 is 2.87 bits per heavy atom. The van der Waals surface area contributed by atoms with Gasteiger partial charge in [0, 0.05) is 58.6 Å². The van der Waals surface area contributed by atoms with E-state index in [1.165, 1.54) is 23.9 Å². The van der Waals surface area contributed by atoms with Crippen LogP contribution < -0.4 is 10.2 Å². The lowest BCUT2D eigenvalue weighted by Crippen LogP contribution is -2.39. The number of anilines is 2. The molecule has 3 aromatic heterocycles. The van der Waals surface area contributed by atoms with Gasteiger partial charge in [0.05, 0.1) is 17.0 Å². The summed E-state index contributed by atoms with van der Waals surface area (Å²) in [4.78, 5) is 25.6. The number of halogens is 2. The lowest BCUT2D eigenvalue weighted by molar-refractivity contribution is -0.114. The number of alkyl halides is 2. The molecule has 0 saturated carbocycles. The fraction of sp³-hybridized carbons (Fsp3) is 0.450. The first-order valence-corrected chi connectivity index (χ1v) is 9.92. The molecule has 4 rings (SSSR count). The van der Waals surface area contributed by atoms with Gasteiger partial charge in [-0.25, -0.2) is 19.6 Å². The van der Waals surface area contributed by atoms with Crippen molar-refractivity contribution in [2.24, 2.45) is 0 Å². The number of carbonyl (C=O) groups excluding carboxylic acids is 1. The Kier molecular flexibility index (Phi) is 5.52. The van der Waals surface area contributed by atoms with Crippen LogP contribution in [0.5, 0.6) is 0 Å². The number of methoxy groups -OCH3 is 1. The minimum atomic E-state index is -3.19. The molecule has 31 heavy (non-hydrogen) atoms. The maximum atomic E-state index is 13.8. The SMILES string of the molecule is COC1CCCN(c2nn(-c3ccnc(C(C)(F)F)n3)c3cc(NC(C)=O)ncc23)C1. The van der Waals surface area contributed by atoms with Gasteiger partial charge in [0.1, 0.15) is 5.82 Å². The number of hydrogen-bond acceptors (Lipinski definition) is 7. The largest absolute Gasteiger partial charge is 0.380 e. The fourth-order valence-corrected chi connectivity index (χ4v) is 3.65. The molecule has 0 bridgehead atoms. The summed E-state index contributed by atoms with van der Waals surface area (Å²) in [6.45, 7) is 3.56. The second-order valence-electron chi connectivity index (χ2n) is 7.58. The number of nitrogens with zero attached hydrogens (tertiary/aromatic N) is 6. The second kappa shape index (κ2) is 8.14. The van der Waals surface area contributed by atoms with Crippen LogP contribution in [-0.2, 0) is 15.5 Å². The molecule has 4 heterocycles. The number of ether oxygens (including phenoxy) is 1. The van der Waals surface area contributed by atoms with E-state index in [9.17, 15) is 13.6 Å². The molecule has 1 saturated heterocycles. The third-order valence-corrected chi connectivity index (χ3v) is 5.11. The Labute approximate surface area is 177 Å². The Morgan fingerprint density at radius 1 is 1.35 bits per heavy atom. The first-order valence-electron chi connectivity index (χ1n) is 9.92. The molecular weight excluding hydrogens is 408 g/mol. The summed E-state index contributed by atoms with van der Waals surface area (Å²) in [7, 11) is 1.68. The van der Waals surface area contributed by atoms with E-state index in [0.29, 0.717) is 29.1 Å². The molecule has 1 atom stereocenters. The molecule has 11 heteroatoms. The van der Waals surface area contributed by atoms with Gasteiger partial charge in [0.15, 0.2) is 11.6 Å². The highest BCUT2D eigenvalue weighted by Crippen LogP contribution is 2.32. The third-order valence-electron chi connectivity index (χ3n) is 5.11. The lowest BCUT2D eigenvalue weighted by Gasteiger charge is -2.32. The van der Waals surface area contributed by atoms with Crippen LogP contribution in [0.2, 0.25) is 0 Å². The van der Waals surface area contributed by atoms with E-state index in [1.54, 1.807) is 19.4 Å². The molecule has 0 radical (unpaired) electrons. The molecule has 1 aliphatic rings. The smallest absolute Gasteiger partial charge is 0.303 e. The summed E-state index contributed by atoms with van der Waals surface area (Å²) >= 11 is 0. The van der Waals surface area contributed by atoms with Crippen LogP contribution >= 0.6 is 0 Å². The molecule has 3 aromatic rings. The van der Waals surface area contributed by atoms with Crippen molar-refractivity contribution in [2.45, 2.75) is 38.7 Å². The number of carbonyl (C=O) groups is 1. The van der Waals surface area contributed by atoms with Gasteiger partial charge in [-0.2, -0.15) is 8.78 Å². The van der Waals surface area contributed by atoms with Crippen molar-refractivity contribution < 1.29 is 18.3 Å². The van der Waals surface area contributed by atoms with Crippen LogP contribution in [0, 0.1) is 0 Å². The normalized spacial score (nSPS) is 17.2. The summed E-state index contributed by atoms with van der Waals surface area (Å²) < 4.78 is 34.6. The van der Waals surface area contributed by atoms with E-state index in [4.69, 9.17) is 9.84 Å². The predicted octanol–water partition coefficient (Wildman–Crippen LogP) is 2.90. The van der Waals surface area contributed by atoms with Crippen LogP contribution in [-0.4, -0.2) is 56.9 Å². The summed E-state index contributed by atoms with van der Waals surface area (Å²) in [5.41, 5.74) is 0.581. The number of amides is 1. The Bertz CT molecular complexity index is 1110. The average Bonchev–Trinajstić information content (AvgIpc) is 3.12. The van der Waals surface area contributed by atoms with Crippen molar-refractivity contribution in [1.29, 1.82) is 0 Å². The van der Waals surface area contributed by atoms with Gasteiger partial charge in [-0.1, -0.05) is 0 Å².